The highest BCUT2D eigenvalue weighted by molar-refractivity contribution is 5.53. The molecule has 0 saturated carbocycles. The first-order chi connectivity index (χ1) is 10.7. The smallest absolute Gasteiger partial charge is 0.273 e. The fourth-order valence-electron chi connectivity index (χ4n) is 2.61. The molecule has 0 spiro atoms. The van der Waals surface area contributed by atoms with Crippen LogP contribution in [0.15, 0.2) is 54.9 Å². The second-order valence-electron chi connectivity index (χ2n) is 4.87. The van der Waals surface area contributed by atoms with Crippen molar-refractivity contribution in [3.8, 4) is 5.75 Å². The molecule has 0 amide bonds. The van der Waals surface area contributed by atoms with Crippen molar-refractivity contribution in [3.63, 3.8) is 0 Å². The average molecular weight is 297 g/mol. The summed E-state index contributed by atoms with van der Waals surface area (Å²) < 4.78 is 5.23. The molecule has 2 aromatic heterocycles. The molecule has 22 heavy (non-hydrogen) atoms. The zero-order chi connectivity index (χ0) is 15.5. The Hall–Kier alpha value is -3.02. The Bertz CT molecular complexity index is 730. The van der Waals surface area contributed by atoms with E-state index in [0.717, 1.165) is 11.4 Å². The molecule has 0 atom stereocenters. The van der Waals surface area contributed by atoms with E-state index in [4.69, 9.17) is 4.74 Å². The van der Waals surface area contributed by atoms with Gasteiger partial charge in [-0.3, -0.25) is 10.1 Å². The lowest BCUT2D eigenvalue weighted by molar-refractivity contribution is -0.385. The molecule has 0 bridgehead atoms. The van der Waals surface area contributed by atoms with Crippen LogP contribution in [0.3, 0.4) is 0 Å². The Morgan fingerprint density at radius 2 is 1.73 bits per heavy atom. The van der Waals surface area contributed by atoms with Gasteiger partial charge in [0, 0.05) is 35.4 Å². The van der Waals surface area contributed by atoms with Crippen molar-refractivity contribution in [1.82, 2.24) is 9.97 Å². The minimum absolute atomic E-state index is 0.0648. The van der Waals surface area contributed by atoms with Crippen molar-refractivity contribution >= 4 is 5.69 Å². The second kappa shape index (κ2) is 5.77. The summed E-state index contributed by atoms with van der Waals surface area (Å²) in [4.78, 5) is 17.3. The van der Waals surface area contributed by atoms with E-state index in [1.165, 1.54) is 6.07 Å². The van der Waals surface area contributed by atoms with Crippen LogP contribution in [0.25, 0.3) is 0 Å². The summed E-state index contributed by atoms with van der Waals surface area (Å²) in [6.07, 6.45) is 3.61. The average Bonchev–Trinajstić information content (AvgIpc) is 3.21. The molecule has 3 rings (SSSR count). The number of aromatic nitrogens is 2. The fourth-order valence-corrected chi connectivity index (χ4v) is 2.61. The number of rotatable bonds is 5. The Morgan fingerprint density at radius 3 is 2.18 bits per heavy atom. The van der Waals surface area contributed by atoms with Gasteiger partial charge in [0.1, 0.15) is 5.75 Å². The summed E-state index contributed by atoms with van der Waals surface area (Å²) in [6.45, 7) is 0. The molecule has 0 fully saturated rings. The largest absolute Gasteiger partial charge is 0.497 e. The van der Waals surface area contributed by atoms with Crippen LogP contribution < -0.4 is 4.74 Å². The highest BCUT2D eigenvalue weighted by Gasteiger charge is 2.27. The van der Waals surface area contributed by atoms with E-state index in [2.05, 4.69) is 9.97 Å². The maximum Gasteiger partial charge on any atom is 0.273 e. The molecular formula is C16H15N3O3. The third-order valence-corrected chi connectivity index (χ3v) is 3.61. The number of nitro groups is 1. The Kier molecular flexibility index (Phi) is 3.65. The Balaban J connectivity index is 2.22. The van der Waals surface area contributed by atoms with Gasteiger partial charge < -0.3 is 14.7 Å². The predicted octanol–water partition coefficient (Wildman–Crippen LogP) is 3.44. The maximum atomic E-state index is 11.4. The van der Waals surface area contributed by atoms with E-state index in [1.807, 2.05) is 24.3 Å². The zero-order valence-corrected chi connectivity index (χ0v) is 11.9. The molecule has 2 heterocycles. The number of nitro benzene ring substituents is 1. The van der Waals surface area contributed by atoms with E-state index in [-0.39, 0.29) is 16.5 Å². The van der Waals surface area contributed by atoms with Gasteiger partial charge in [0.2, 0.25) is 0 Å². The summed E-state index contributed by atoms with van der Waals surface area (Å²) in [5.74, 6) is 0.296. The summed E-state index contributed by atoms with van der Waals surface area (Å²) in [6, 6.07) is 12.4. The molecule has 0 unspecified atom stereocenters. The van der Waals surface area contributed by atoms with Gasteiger partial charge in [0.05, 0.1) is 18.0 Å². The lowest BCUT2D eigenvalue weighted by Gasteiger charge is -2.16. The van der Waals surface area contributed by atoms with E-state index in [1.54, 1.807) is 31.6 Å². The third kappa shape index (κ3) is 2.46. The van der Waals surface area contributed by atoms with Gasteiger partial charge in [-0.1, -0.05) is 0 Å². The van der Waals surface area contributed by atoms with Gasteiger partial charge >= 0.3 is 0 Å². The molecule has 0 radical (unpaired) electrons. The Morgan fingerprint density at radius 1 is 1.09 bits per heavy atom. The molecule has 2 N–H and O–H groups in total. The van der Waals surface area contributed by atoms with Gasteiger partial charge in [-0.2, -0.15) is 0 Å². The predicted molar refractivity (Wildman–Crippen MR) is 82.2 cm³/mol. The minimum Gasteiger partial charge on any atom is -0.497 e. The molecule has 0 saturated heterocycles. The van der Waals surface area contributed by atoms with Crippen molar-refractivity contribution in [2.24, 2.45) is 0 Å². The number of ether oxygens (including phenoxy) is 1. The van der Waals surface area contributed by atoms with E-state index >= 15 is 0 Å². The molecule has 3 aromatic rings. The van der Waals surface area contributed by atoms with Crippen molar-refractivity contribution in [1.29, 1.82) is 0 Å². The third-order valence-electron chi connectivity index (χ3n) is 3.61. The fraction of sp³-hybridized carbons (Fsp3) is 0.125. The second-order valence-corrected chi connectivity index (χ2v) is 4.87. The first-order valence-corrected chi connectivity index (χ1v) is 6.79. The van der Waals surface area contributed by atoms with E-state index in [0.29, 0.717) is 11.3 Å². The van der Waals surface area contributed by atoms with E-state index < -0.39 is 0 Å². The van der Waals surface area contributed by atoms with Crippen LogP contribution in [0, 0.1) is 10.1 Å². The van der Waals surface area contributed by atoms with Crippen molar-refractivity contribution in [2.75, 3.05) is 7.11 Å². The van der Waals surface area contributed by atoms with Gasteiger partial charge in [-0.25, -0.2) is 0 Å². The molecule has 0 aliphatic rings. The number of hydrogen-bond acceptors (Lipinski definition) is 3. The normalized spacial score (nSPS) is 10.8. The van der Waals surface area contributed by atoms with Crippen LogP contribution >= 0.6 is 0 Å². The number of H-pyrrole nitrogens is 2. The molecule has 1 aromatic carbocycles. The van der Waals surface area contributed by atoms with Gasteiger partial charge in [0.25, 0.3) is 5.69 Å². The lowest BCUT2D eigenvalue weighted by atomic mass is 9.91. The van der Waals surface area contributed by atoms with Crippen LogP contribution in [-0.4, -0.2) is 22.0 Å². The lowest BCUT2D eigenvalue weighted by Crippen LogP contribution is -2.08. The number of aromatic amines is 2. The van der Waals surface area contributed by atoms with Crippen LogP contribution in [0.1, 0.15) is 22.9 Å². The topological polar surface area (TPSA) is 83.9 Å². The van der Waals surface area contributed by atoms with Gasteiger partial charge in [-0.15, -0.1) is 0 Å². The first kappa shape index (κ1) is 13.9. The first-order valence-electron chi connectivity index (χ1n) is 6.79. The van der Waals surface area contributed by atoms with Gasteiger partial charge in [0.15, 0.2) is 0 Å². The van der Waals surface area contributed by atoms with Crippen LogP contribution in [0.2, 0.25) is 0 Å². The SMILES string of the molecule is COc1ccc([N+](=O)[O-])c(C(c2ccc[nH]2)c2ccc[nH]2)c1. The number of nitrogens with one attached hydrogen (secondary N) is 2. The summed E-state index contributed by atoms with van der Waals surface area (Å²) in [5.41, 5.74) is 2.39. The quantitative estimate of drug-likeness (QED) is 0.559. The number of benzene rings is 1. The van der Waals surface area contributed by atoms with E-state index in [9.17, 15) is 10.1 Å². The summed E-state index contributed by atoms with van der Waals surface area (Å²) in [5, 5.41) is 11.4. The molecule has 112 valence electrons. The minimum atomic E-state index is -0.367. The van der Waals surface area contributed by atoms with Crippen LogP contribution in [-0.2, 0) is 0 Å². The monoisotopic (exact) mass is 297 g/mol. The maximum absolute atomic E-state index is 11.4. The highest BCUT2D eigenvalue weighted by atomic mass is 16.6. The standard InChI is InChI=1S/C16H15N3O3/c1-22-11-6-7-15(19(20)21)12(10-11)16(13-4-2-8-17-13)14-5-3-9-18-14/h2-10,16-18H,1H3. The van der Waals surface area contributed by atoms with Crippen molar-refractivity contribution in [2.45, 2.75) is 5.92 Å². The molecular weight excluding hydrogens is 282 g/mol. The zero-order valence-electron chi connectivity index (χ0n) is 11.9. The van der Waals surface area contributed by atoms with Crippen molar-refractivity contribution in [3.05, 3.63) is 81.9 Å². The number of nitrogens with zero attached hydrogens (tertiary/aromatic N) is 1. The summed E-state index contributed by atoms with van der Waals surface area (Å²) >= 11 is 0. The Labute approximate surface area is 126 Å². The van der Waals surface area contributed by atoms with Crippen LogP contribution in [0.4, 0.5) is 5.69 Å². The molecule has 0 aliphatic carbocycles. The molecule has 6 heteroatoms. The summed E-state index contributed by atoms with van der Waals surface area (Å²) in [7, 11) is 1.54. The van der Waals surface area contributed by atoms with Crippen molar-refractivity contribution < 1.29 is 9.66 Å². The number of hydrogen-bond donors (Lipinski definition) is 2. The van der Waals surface area contributed by atoms with Crippen LogP contribution in [0.5, 0.6) is 5.75 Å². The highest BCUT2D eigenvalue weighted by Crippen LogP contribution is 2.37. The van der Waals surface area contributed by atoms with Gasteiger partial charge in [-0.05, 0) is 36.4 Å². The molecule has 6 nitrogen and oxygen atoms in total. The molecule has 0 aliphatic heterocycles. The number of methoxy groups -OCH3 is 1.